The Morgan fingerprint density at radius 2 is 1.67 bits per heavy atom. The minimum Gasteiger partial charge on any atom is -0.493 e. The Morgan fingerprint density at radius 1 is 1.10 bits per heavy atom. The van der Waals surface area contributed by atoms with Crippen molar-refractivity contribution in [1.82, 2.24) is 5.32 Å². The molecule has 1 N–H and O–H groups in total. The first-order valence-electron chi connectivity index (χ1n) is 6.37. The van der Waals surface area contributed by atoms with E-state index in [1.807, 2.05) is 0 Å². The Bertz CT molecular complexity index is 526. The van der Waals surface area contributed by atoms with E-state index in [4.69, 9.17) is 14.2 Å². The number of carbonyl (C=O) groups is 2. The fourth-order valence-electron chi connectivity index (χ4n) is 1.64. The summed E-state index contributed by atoms with van der Waals surface area (Å²) in [5.41, 5.74) is 0.684. The Balaban J connectivity index is 2.98. The van der Waals surface area contributed by atoms with Crippen molar-refractivity contribution in [3.63, 3.8) is 0 Å². The van der Waals surface area contributed by atoms with Crippen molar-refractivity contribution >= 4 is 17.9 Å². The van der Waals surface area contributed by atoms with Crippen LogP contribution in [0.5, 0.6) is 17.2 Å². The van der Waals surface area contributed by atoms with Crippen molar-refractivity contribution in [1.29, 1.82) is 0 Å². The number of carbonyl (C=O) groups excluding carboxylic acids is 2. The molecule has 0 unspecified atom stereocenters. The van der Waals surface area contributed by atoms with Gasteiger partial charge >= 0.3 is 0 Å². The molecule has 0 saturated carbocycles. The zero-order chi connectivity index (χ0) is 15.8. The molecule has 114 valence electrons. The summed E-state index contributed by atoms with van der Waals surface area (Å²) in [7, 11) is 4.54. The van der Waals surface area contributed by atoms with Gasteiger partial charge in [-0.3, -0.25) is 14.9 Å². The minimum atomic E-state index is -0.476. The van der Waals surface area contributed by atoms with Crippen LogP contribution in [0.15, 0.2) is 18.2 Å². The van der Waals surface area contributed by atoms with Crippen LogP contribution in [-0.2, 0) is 9.59 Å². The van der Waals surface area contributed by atoms with Crippen LogP contribution in [0.2, 0.25) is 0 Å². The molecule has 0 bridgehead atoms. The fourth-order valence-corrected chi connectivity index (χ4v) is 1.64. The normalized spacial score (nSPS) is 10.3. The summed E-state index contributed by atoms with van der Waals surface area (Å²) < 4.78 is 15.6. The molecule has 0 aliphatic rings. The number of methoxy groups -OCH3 is 3. The zero-order valence-electron chi connectivity index (χ0n) is 12.6. The highest BCUT2D eigenvalue weighted by Gasteiger charge is 2.12. The Kier molecular flexibility index (Phi) is 6.26. The molecule has 0 fully saturated rings. The van der Waals surface area contributed by atoms with Crippen molar-refractivity contribution in [2.45, 2.75) is 13.3 Å². The summed E-state index contributed by atoms with van der Waals surface area (Å²) in [4.78, 5) is 22.6. The minimum absolute atomic E-state index is 0.254. The van der Waals surface area contributed by atoms with E-state index in [1.54, 1.807) is 25.1 Å². The molecule has 6 heteroatoms. The molecule has 21 heavy (non-hydrogen) atoms. The number of nitrogens with one attached hydrogen (secondary N) is 1. The van der Waals surface area contributed by atoms with Gasteiger partial charge in [0, 0.05) is 12.5 Å². The van der Waals surface area contributed by atoms with Gasteiger partial charge in [0.15, 0.2) is 11.5 Å². The molecule has 0 atom stereocenters. The van der Waals surface area contributed by atoms with Crippen LogP contribution in [0, 0.1) is 0 Å². The highest BCUT2D eigenvalue weighted by atomic mass is 16.5. The molecule has 2 amide bonds. The number of hydrogen-bond donors (Lipinski definition) is 1. The molecule has 6 nitrogen and oxygen atoms in total. The highest BCUT2D eigenvalue weighted by Crippen LogP contribution is 2.38. The van der Waals surface area contributed by atoms with Gasteiger partial charge in [0.2, 0.25) is 11.7 Å². The summed E-state index contributed by atoms with van der Waals surface area (Å²) in [6.07, 6.45) is 3.08. The number of hydrogen-bond acceptors (Lipinski definition) is 5. The first-order valence-corrected chi connectivity index (χ1v) is 6.37. The Labute approximate surface area is 123 Å². The van der Waals surface area contributed by atoms with Crippen molar-refractivity contribution in [3.8, 4) is 17.2 Å². The van der Waals surface area contributed by atoms with Crippen LogP contribution in [0.3, 0.4) is 0 Å². The van der Waals surface area contributed by atoms with Crippen molar-refractivity contribution in [3.05, 3.63) is 23.8 Å². The monoisotopic (exact) mass is 293 g/mol. The van der Waals surface area contributed by atoms with E-state index < -0.39 is 5.91 Å². The summed E-state index contributed by atoms with van der Waals surface area (Å²) in [5, 5.41) is 2.23. The molecule has 0 aliphatic heterocycles. The van der Waals surface area contributed by atoms with Crippen LogP contribution < -0.4 is 19.5 Å². The number of benzene rings is 1. The molecule has 1 aromatic carbocycles. The third-order valence-electron chi connectivity index (χ3n) is 2.70. The van der Waals surface area contributed by atoms with Crippen molar-refractivity contribution in [2.75, 3.05) is 21.3 Å². The second-order valence-corrected chi connectivity index (χ2v) is 4.06. The fraction of sp³-hybridized carbons (Fsp3) is 0.333. The first-order chi connectivity index (χ1) is 10.0. The molecule has 1 aromatic rings. The van der Waals surface area contributed by atoms with E-state index in [-0.39, 0.29) is 12.3 Å². The molecule has 0 heterocycles. The lowest BCUT2D eigenvalue weighted by Gasteiger charge is -2.12. The van der Waals surface area contributed by atoms with E-state index in [1.165, 1.54) is 27.4 Å². The van der Waals surface area contributed by atoms with Crippen LogP contribution in [0.1, 0.15) is 18.9 Å². The van der Waals surface area contributed by atoms with Crippen LogP contribution >= 0.6 is 0 Å². The zero-order valence-corrected chi connectivity index (χ0v) is 12.6. The second kappa shape index (κ2) is 7.94. The maximum Gasteiger partial charge on any atom is 0.250 e. The third-order valence-corrected chi connectivity index (χ3v) is 2.70. The third kappa shape index (κ3) is 4.52. The standard InChI is InChI=1S/C15H19NO5/c1-5-13(17)16-14(18)7-6-10-8-11(19-2)15(21-4)12(9-10)20-3/h6-9H,5H2,1-4H3,(H,16,17,18)/b7-6+. The predicted molar refractivity (Wildman–Crippen MR) is 78.6 cm³/mol. The van der Waals surface area contributed by atoms with Gasteiger partial charge in [-0.2, -0.15) is 0 Å². The topological polar surface area (TPSA) is 73.9 Å². The van der Waals surface area contributed by atoms with E-state index in [9.17, 15) is 9.59 Å². The molecular weight excluding hydrogens is 274 g/mol. The molecular formula is C15H19NO5. The van der Waals surface area contributed by atoms with Gasteiger partial charge in [-0.15, -0.1) is 0 Å². The van der Waals surface area contributed by atoms with Gasteiger partial charge in [0.25, 0.3) is 5.91 Å². The molecule has 0 saturated heterocycles. The number of amides is 2. The maximum absolute atomic E-state index is 11.5. The summed E-state index contributed by atoms with van der Waals surface area (Å²) in [6, 6.07) is 3.40. The quantitative estimate of drug-likeness (QED) is 0.809. The molecule has 0 aliphatic carbocycles. The van der Waals surface area contributed by atoms with Gasteiger partial charge in [0.1, 0.15) is 0 Å². The predicted octanol–water partition coefficient (Wildman–Crippen LogP) is 1.78. The summed E-state index contributed by atoms with van der Waals surface area (Å²) >= 11 is 0. The van der Waals surface area contributed by atoms with Gasteiger partial charge in [0.05, 0.1) is 21.3 Å². The molecule has 0 spiro atoms. The van der Waals surface area contributed by atoms with Crippen molar-refractivity contribution < 1.29 is 23.8 Å². The van der Waals surface area contributed by atoms with Gasteiger partial charge < -0.3 is 14.2 Å². The lowest BCUT2D eigenvalue weighted by Crippen LogP contribution is -2.27. The van der Waals surface area contributed by atoms with E-state index >= 15 is 0 Å². The van der Waals surface area contributed by atoms with E-state index in [0.29, 0.717) is 22.8 Å². The van der Waals surface area contributed by atoms with Crippen molar-refractivity contribution in [2.24, 2.45) is 0 Å². The Hall–Kier alpha value is -2.50. The number of imide groups is 1. The van der Waals surface area contributed by atoms with E-state index in [0.717, 1.165) is 0 Å². The van der Waals surface area contributed by atoms with Crippen LogP contribution in [-0.4, -0.2) is 33.1 Å². The summed E-state index contributed by atoms with van der Waals surface area (Å²) in [6.45, 7) is 1.67. The highest BCUT2D eigenvalue weighted by molar-refractivity contribution is 6.02. The Morgan fingerprint density at radius 3 is 2.10 bits per heavy atom. The average Bonchev–Trinajstić information content (AvgIpc) is 2.51. The van der Waals surface area contributed by atoms with Gasteiger partial charge in [-0.1, -0.05) is 6.92 Å². The average molecular weight is 293 g/mol. The van der Waals surface area contributed by atoms with E-state index in [2.05, 4.69) is 5.32 Å². The molecule has 1 rings (SSSR count). The largest absolute Gasteiger partial charge is 0.493 e. The van der Waals surface area contributed by atoms with Gasteiger partial charge in [-0.05, 0) is 23.8 Å². The first kappa shape index (κ1) is 16.6. The smallest absolute Gasteiger partial charge is 0.250 e. The van der Waals surface area contributed by atoms with Crippen LogP contribution in [0.25, 0.3) is 6.08 Å². The van der Waals surface area contributed by atoms with Crippen LogP contribution in [0.4, 0.5) is 0 Å². The van der Waals surface area contributed by atoms with Gasteiger partial charge in [-0.25, -0.2) is 0 Å². The maximum atomic E-state index is 11.5. The molecule has 0 aromatic heterocycles. The lowest BCUT2D eigenvalue weighted by atomic mass is 10.1. The SMILES string of the molecule is CCC(=O)NC(=O)/C=C/c1cc(OC)c(OC)c(OC)c1. The molecule has 0 radical (unpaired) electrons. The number of ether oxygens (including phenoxy) is 3. The summed E-state index contributed by atoms with van der Waals surface area (Å²) in [5.74, 6) is 0.649. The number of rotatable bonds is 6. The lowest BCUT2D eigenvalue weighted by molar-refractivity contribution is -0.127. The second-order valence-electron chi connectivity index (χ2n) is 4.06.